The highest BCUT2D eigenvalue weighted by atomic mass is 16.5. The fourth-order valence-corrected chi connectivity index (χ4v) is 2.33. The molecule has 2 nitrogen and oxygen atoms in total. The van der Waals surface area contributed by atoms with Crippen LogP contribution in [0, 0.1) is 5.41 Å². The molecule has 0 aliphatic rings. The van der Waals surface area contributed by atoms with E-state index in [4.69, 9.17) is 4.74 Å². The first-order chi connectivity index (χ1) is 9.48. The molecular weight excluding hydrogens is 246 g/mol. The third kappa shape index (κ3) is 5.96. The van der Waals surface area contributed by atoms with Crippen molar-refractivity contribution in [2.45, 2.75) is 59.9 Å². The second-order valence-corrected chi connectivity index (χ2v) is 6.66. The average Bonchev–Trinajstić information content (AvgIpc) is 2.40. The normalized spacial score (nSPS) is 13.2. The predicted molar refractivity (Wildman–Crippen MR) is 87.3 cm³/mol. The zero-order valence-corrected chi connectivity index (χ0v) is 13.8. The second kappa shape index (κ2) is 8.31. The lowest BCUT2D eigenvalue weighted by atomic mass is 9.85. The van der Waals surface area contributed by atoms with Crippen LogP contribution in [0.4, 0.5) is 0 Å². The van der Waals surface area contributed by atoms with Crippen LogP contribution in [0.1, 0.15) is 65.5 Å². The van der Waals surface area contributed by atoms with Crippen LogP contribution in [0.3, 0.4) is 0 Å². The van der Waals surface area contributed by atoms with E-state index in [0.29, 0.717) is 11.5 Å². The maximum Gasteiger partial charge on any atom is 0.124 e. The fourth-order valence-electron chi connectivity index (χ4n) is 2.33. The molecule has 0 aromatic heterocycles. The van der Waals surface area contributed by atoms with Crippen LogP contribution in [-0.4, -0.2) is 13.2 Å². The minimum absolute atomic E-state index is 0.295. The largest absolute Gasteiger partial charge is 0.493 e. The number of hydrogen-bond donors (Lipinski definition) is 1. The van der Waals surface area contributed by atoms with E-state index in [1.54, 1.807) is 0 Å². The third-order valence-electron chi connectivity index (χ3n) is 3.21. The van der Waals surface area contributed by atoms with E-state index in [-0.39, 0.29) is 0 Å². The molecule has 20 heavy (non-hydrogen) atoms. The Balaban J connectivity index is 2.93. The van der Waals surface area contributed by atoms with Gasteiger partial charge in [0, 0.05) is 11.6 Å². The second-order valence-electron chi connectivity index (χ2n) is 6.66. The molecule has 0 aliphatic carbocycles. The zero-order valence-electron chi connectivity index (χ0n) is 13.8. The standard InChI is InChI=1S/C18H31NO/c1-6-12-19-16(14-18(3,4)5)15-10-8-9-11-17(15)20-13-7-2/h8-11,16,19H,6-7,12-14H2,1-5H3. The predicted octanol–water partition coefficient (Wildman–Crippen LogP) is 4.95. The van der Waals surface area contributed by atoms with Crippen molar-refractivity contribution in [3.63, 3.8) is 0 Å². The van der Waals surface area contributed by atoms with E-state index in [9.17, 15) is 0 Å². The number of nitrogens with one attached hydrogen (secondary N) is 1. The quantitative estimate of drug-likeness (QED) is 0.725. The zero-order chi connectivity index (χ0) is 15.0. The first-order valence-electron chi connectivity index (χ1n) is 7.93. The molecule has 0 bridgehead atoms. The van der Waals surface area contributed by atoms with E-state index in [0.717, 1.165) is 38.2 Å². The Labute approximate surface area is 124 Å². The van der Waals surface area contributed by atoms with Gasteiger partial charge in [0.05, 0.1) is 6.61 Å². The Morgan fingerprint density at radius 1 is 1.10 bits per heavy atom. The third-order valence-corrected chi connectivity index (χ3v) is 3.21. The van der Waals surface area contributed by atoms with E-state index in [1.165, 1.54) is 5.56 Å². The molecule has 0 radical (unpaired) electrons. The van der Waals surface area contributed by atoms with Crippen LogP contribution < -0.4 is 10.1 Å². The van der Waals surface area contributed by atoms with Crippen molar-refractivity contribution in [1.29, 1.82) is 0 Å². The Morgan fingerprint density at radius 3 is 2.40 bits per heavy atom. The SMILES string of the molecule is CCCNC(CC(C)(C)C)c1ccccc1OCCC. The van der Waals surface area contributed by atoms with Crippen molar-refractivity contribution in [1.82, 2.24) is 5.32 Å². The lowest BCUT2D eigenvalue weighted by molar-refractivity contribution is 0.287. The van der Waals surface area contributed by atoms with Gasteiger partial charge in [0.1, 0.15) is 5.75 Å². The highest BCUT2D eigenvalue weighted by Crippen LogP contribution is 2.34. The average molecular weight is 277 g/mol. The minimum Gasteiger partial charge on any atom is -0.493 e. The highest BCUT2D eigenvalue weighted by molar-refractivity contribution is 5.36. The molecule has 1 N–H and O–H groups in total. The molecule has 0 saturated heterocycles. The topological polar surface area (TPSA) is 21.3 Å². The van der Waals surface area contributed by atoms with Crippen LogP contribution in [0.5, 0.6) is 5.75 Å². The van der Waals surface area contributed by atoms with E-state index in [1.807, 2.05) is 0 Å². The van der Waals surface area contributed by atoms with Crippen LogP contribution in [0.2, 0.25) is 0 Å². The summed E-state index contributed by atoms with van der Waals surface area (Å²) < 4.78 is 5.92. The van der Waals surface area contributed by atoms with Gasteiger partial charge in [0.15, 0.2) is 0 Å². The summed E-state index contributed by atoms with van der Waals surface area (Å²) >= 11 is 0. The number of benzene rings is 1. The Bertz CT molecular complexity index is 381. The maximum absolute atomic E-state index is 5.92. The van der Waals surface area contributed by atoms with Crippen molar-refractivity contribution in [2.75, 3.05) is 13.2 Å². The van der Waals surface area contributed by atoms with Crippen LogP contribution in [-0.2, 0) is 0 Å². The van der Waals surface area contributed by atoms with Gasteiger partial charge in [-0.3, -0.25) is 0 Å². The molecule has 1 unspecified atom stereocenters. The van der Waals surface area contributed by atoms with Gasteiger partial charge in [0.2, 0.25) is 0 Å². The van der Waals surface area contributed by atoms with Crippen LogP contribution in [0.15, 0.2) is 24.3 Å². The van der Waals surface area contributed by atoms with Gasteiger partial charge < -0.3 is 10.1 Å². The molecule has 1 rings (SSSR count). The summed E-state index contributed by atoms with van der Waals surface area (Å²) in [4.78, 5) is 0. The van der Waals surface area contributed by atoms with Gasteiger partial charge in [-0.05, 0) is 37.3 Å². The summed E-state index contributed by atoms with van der Waals surface area (Å²) in [7, 11) is 0. The Hall–Kier alpha value is -1.02. The van der Waals surface area contributed by atoms with Gasteiger partial charge in [-0.2, -0.15) is 0 Å². The molecule has 0 spiro atoms. The summed E-state index contributed by atoms with van der Waals surface area (Å²) in [6.07, 6.45) is 3.30. The molecule has 0 heterocycles. The molecule has 1 atom stereocenters. The summed E-state index contributed by atoms with van der Waals surface area (Å²) in [5.41, 5.74) is 1.59. The van der Waals surface area contributed by atoms with Gasteiger partial charge in [-0.15, -0.1) is 0 Å². The molecule has 0 saturated carbocycles. The van der Waals surface area contributed by atoms with E-state index in [2.05, 4.69) is 64.2 Å². The maximum atomic E-state index is 5.92. The van der Waals surface area contributed by atoms with E-state index < -0.39 is 0 Å². The molecular formula is C18H31NO. The lowest BCUT2D eigenvalue weighted by Crippen LogP contribution is -2.27. The van der Waals surface area contributed by atoms with Crippen LogP contribution in [0.25, 0.3) is 0 Å². The summed E-state index contributed by atoms with van der Waals surface area (Å²) in [6, 6.07) is 8.82. The minimum atomic E-state index is 0.295. The van der Waals surface area contributed by atoms with Gasteiger partial charge in [0.25, 0.3) is 0 Å². The van der Waals surface area contributed by atoms with Gasteiger partial charge in [-0.25, -0.2) is 0 Å². The van der Waals surface area contributed by atoms with Crippen molar-refractivity contribution in [2.24, 2.45) is 5.41 Å². The molecule has 0 aliphatic heterocycles. The fraction of sp³-hybridized carbons (Fsp3) is 0.667. The molecule has 1 aromatic rings. The van der Waals surface area contributed by atoms with Crippen molar-refractivity contribution < 1.29 is 4.74 Å². The summed E-state index contributed by atoms with van der Waals surface area (Å²) in [6.45, 7) is 13.1. The molecule has 0 fully saturated rings. The first-order valence-corrected chi connectivity index (χ1v) is 7.93. The van der Waals surface area contributed by atoms with Gasteiger partial charge in [-0.1, -0.05) is 52.8 Å². The lowest BCUT2D eigenvalue weighted by Gasteiger charge is -2.28. The first kappa shape index (κ1) is 17.0. The molecule has 1 aromatic carbocycles. The summed E-state index contributed by atoms with van der Waals surface area (Å²) in [5.74, 6) is 1.03. The molecule has 0 amide bonds. The van der Waals surface area contributed by atoms with Crippen LogP contribution >= 0.6 is 0 Å². The smallest absolute Gasteiger partial charge is 0.124 e. The van der Waals surface area contributed by atoms with Crippen molar-refractivity contribution in [3.8, 4) is 5.75 Å². The number of hydrogen-bond acceptors (Lipinski definition) is 2. The Morgan fingerprint density at radius 2 is 1.80 bits per heavy atom. The number of ether oxygens (including phenoxy) is 1. The Kier molecular flexibility index (Phi) is 7.08. The van der Waals surface area contributed by atoms with Gasteiger partial charge >= 0.3 is 0 Å². The van der Waals surface area contributed by atoms with E-state index >= 15 is 0 Å². The van der Waals surface area contributed by atoms with Crippen molar-refractivity contribution in [3.05, 3.63) is 29.8 Å². The number of rotatable bonds is 8. The summed E-state index contributed by atoms with van der Waals surface area (Å²) in [5, 5.41) is 3.68. The monoisotopic (exact) mass is 277 g/mol. The molecule has 114 valence electrons. The highest BCUT2D eigenvalue weighted by Gasteiger charge is 2.22. The number of para-hydroxylation sites is 1. The van der Waals surface area contributed by atoms with Crippen molar-refractivity contribution >= 4 is 0 Å². The molecule has 2 heteroatoms.